The third-order valence-corrected chi connectivity index (χ3v) is 8.94. The first-order chi connectivity index (χ1) is 20.6. The summed E-state index contributed by atoms with van der Waals surface area (Å²) in [6.07, 6.45) is 9.21. The van der Waals surface area contributed by atoms with Gasteiger partial charge in [-0.05, 0) is 52.0 Å². The minimum Gasteiger partial charge on any atom is -0.463 e. The van der Waals surface area contributed by atoms with Crippen molar-refractivity contribution in [3.8, 4) is 0 Å². The molecule has 1 aromatic rings. The molecular weight excluding hydrogens is 550 g/mol. The van der Waals surface area contributed by atoms with E-state index in [9.17, 15) is 24.3 Å². The molecule has 5 rings (SSSR count). The van der Waals surface area contributed by atoms with Crippen LogP contribution >= 0.6 is 0 Å². The fraction of sp³-hybridized carbons (Fsp3) is 0.576. The number of cyclic esters (lactones) is 1. The van der Waals surface area contributed by atoms with Crippen LogP contribution in [-0.4, -0.2) is 88.2 Å². The molecule has 2 N–H and O–H groups in total. The molecule has 10 heteroatoms. The Kier molecular flexibility index (Phi) is 9.08. The number of carbonyl (C=O) groups excluding carboxylic acids is 4. The molecule has 43 heavy (non-hydrogen) atoms. The van der Waals surface area contributed by atoms with Crippen molar-refractivity contribution in [1.29, 1.82) is 0 Å². The highest BCUT2D eigenvalue weighted by atomic mass is 16.5. The van der Waals surface area contributed by atoms with Gasteiger partial charge in [0, 0.05) is 31.7 Å². The highest BCUT2D eigenvalue weighted by molar-refractivity contribution is 6.00. The van der Waals surface area contributed by atoms with Crippen molar-refractivity contribution in [2.24, 2.45) is 11.8 Å². The number of aliphatic hydroxyl groups is 1. The number of benzene rings is 1. The second kappa shape index (κ2) is 12.6. The lowest BCUT2D eigenvalue weighted by molar-refractivity contribution is -0.150. The Labute approximate surface area is 253 Å². The van der Waals surface area contributed by atoms with E-state index < -0.39 is 41.2 Å². The van der Waals surface area contributed by atoms with Crippen LogP contribution in [-0.2, 0) is 28.7 Å². The molecule has 232 valence electrons. The lowest BCUT2D eigenvalue weighted by Crippen LogP contribution is -2.59. The van der Waals surface area contributed by atoms with Gasteiger partial charge < -0.3 is 29.7 Å². The number of amides is 3. The van der Waals surface area contributed by atoms with E-state index >= 15 is 0 Å². The number of rotatable bonds is 6. The molecule has 0 aliphatic carbocycles. The molecule has 2 saturated heterocycles. The van der Waals surface area contributed by atoms with Gasteiger partial charge in [-0.3, -0.25) is 19.2 Å². The number of esters is 1. The molecule has 3 amide bonds. The topological polar surface area (TPSA) is 125 Å². The Morgan fingerprint density at radius 1 is 1.02 bits per heavy atom. The Morgan fingerprint density at radius 2 is 1.79 bits per heavy atom. The number of likely N-dealkylation sites (tertiary alicyclic amines) is 1. The summed E-state index contributed by atoms with van der Waals surface area (Å²) < 4.78 is 12.1. The van der Waals surface area contributed by atoms with Gasteiger partial charge in [-0.25, -0.2) is 0 Å². The second-order valence-electron chi connectivity index (χ2n) is 12.8. The van der Waals surface area contributed by atoms with Gasteiger partial charge in [-0.2, -0.15) is 0 Å². The van der Waals surface area contributed by atoms with Gasteiger partial charge >= 0.3 is 5.97 Å². The van der Waals surface area contributed by atoms with Gasteiger partial charge in [-0.1, -0.05) is 54.6 Å². The van der Waals surface area contributed by atoms with Gasteiger partial charge in [0.2, 0.25) is 17.7 Å². The SMILES string of the molecule is CC(C)(C)N1C/C=C\CCC(=O)OC[C@@H](c2ccccc2)NC(=O)[C@@H]2[C@@H]3C=C[C@]4(O3)[C@H](C1=O)N(CCCCCO)C(=O)[C@@H]24. The first-order valence-corrected chi connectivity index (χ1v) is 15.3. The predicted octanol–water partition coefficient (Wildman–Crippen LogP) is 2.68. The van der Waals surface area contributed by atoms with Crippen molar-refractivity contribution in [3.63, 3.8) is 0 Å². The molecule has 0 aromatic heterocycles. The maximum Gasteiger partial charge on any atom is 0.306 e. The molecule has 0 radical (unpaired) electrons. The molecule has 1 aromatic carbocycles. The summed E-state index contributed by atoms with van der Waals surface area (Å²) in [6.45, 7) is 6.44. The zero-order valence-electron chi connectivity index (χ0n) is 25.2. The minimum atomic E-state index is -1.27. The van der Waals surface area contributed by atoms with Gasteiger partial charge in [0.25, 0.3) is 0 Å². The number of aliphatic hydroxyl groups excluding tert-OH is 1. The quantitative estimate of drug-likeness (QED) is 0.295. The summed E-state index contributed by atoms with van der Waals surface area (Å²) in [5.74, 6) is -3.01. The fourth-order valence-corrected chi connectivity index (χ4v) is 6.82. The Balaban J connectivity index is 1.55. The molecule has 0 unspecified atom stereocenters. The lowest BCUT2D eigenvalue weighted by Gasteiger charge is -2.41. The third kappa shape index (κ3) is 5.99. The van der Waals surface area contributed by atoms with Crippen molar-refractivity contribution >= 4 is 23.7 Å². The van der Waals surface area contributed by atoms with Gasteiger partial charge in [0.15, 0.2) is 0 Å². The van der Waals surface area contributed by atoms with Gasteiger partial charge in [0.05, 0.1) is 24.0 Å². The van der Waals surface area contributed by atoms with Crippen molar-refractivity contribution in [1.82, 2.24) is 15.1 Å². The van der Waals surface area contributed by atoms with Crippen LogP contribution in [0, 0.1) is 11.8 Å². The van der Waals surface area contributed by atoms with Crippen molar-refractivity contribution in [2.45, 2.75) is 82.2 Å². The fourth-order valence-electron chi connectivity index (χ4n) is 6.82. The lowest BCUT2D eigenvalue weighted by atomic mass is 9.74. The van der Waals surface area contributed by atoms with Crippen LogP contribution in [0.15, 0.2) is 54.6 Å². The summed E-state index contributed by atoms with van der Waals surface area (Å²) in [7, 11) is 0. The van der Waals surface area contributed by atoms with Crippen LogP contribution in [0.25, 0.3) is 0 Å². The highest BCUT2D eigenvalue weighted by Gasteiger charge is 2.73. The summed E-state index contributed by atoms with van der Waals surface area (Å²) in [5.41, 5.74) is -1.08. The maximum absolute atomic E-state index is 14.6. The van der Waals surface area contributed by atoms with E-state index in [1.54, 1.807) is 15.9 Å². The van der Waals surface area contributed by atoms with Gasteiger partial charge in [0.1, 0.15) is 18.2 Å². The first kappa shape index (κ1) is 30.9. The number of hydrogen-bond donors (Lipinski definition) is 2. The average molecular weight is 594 g/mol. The molecular formula is C33H43N3O7. The van der Waals surface area contributed by atoms with Crippen molar-refractivity contribution in [3.05, 3.63) is 60.2 Å². The molecule has 4 aliphatic heterocycles. The van der Waals surface area contributed by atoms with E-state index in [0.29, 0.717) is 32.2 Å². The van der Waals surface area contributed by atoms with Gasteiger partial charge in [-0.15, -0.1) is 0 Å². The Hall–Kier alpha value is -3.50. The smallest absolute Gasteiger partial charge is 0.306 e. The first-order valence-electron chi connectivity index (χ1n) is 15.3. The largest absolute Gasteiger partial charge is 0.463 e. The van der Waals surface area contributed by atoms with Crippen LogP contribution in [0.5, 0.6) is 0 Å². The molecule has 4 heterocycles. The maximum atomic E-state index is 14.6. The van der Waals surface area contributed by atoms with E-state index in [2.05, 4.69) is 5.32 Å². The molecule has 6 atom stereocenters. The number of hydrogen-bond acceptors (Lipinski definition) is 7. The summed E-state index contributed by atoms with van der Waals surface area (Å²) in [5, 5.41) is 12.3. The number of nitrogens with zero attached hydrogens (tertiary/aromatic N) is 2. The second-order valence-corrected chi connectivity index (χ2v) is 12.8. The van der Waals surface area contributed by atoms with E-state index in [-0.39, 0.29) is 49.9 Å². The van der Waals surface area contributed by atoms with E-state index in [1.165, 1.54) is 0 Å². The van der Waals surface area contributed by atoms with Crippen LogP contribution in [0.2, 0.25) is 0 Å². The number of carbonyl (C=O) groups is 4. The number of nitrogens with one attached hydrogen (secondary N) is 1. The average Bonchev–Trinajstić information content (AvgIpc) is 3.61. The zero-order valence-corrected chi connectivity index (χ0v) is 25.2. The summed E-state index contributed by atoms with van der Waals surface area (Å²) in [6, 6.07) is 7.72. The van der Waals surface area contributed by atoms with Crippen molar-refractivity contribution < 1.29 is 33.8 Å². The molecule has 10 nitrogen and oxygen atoms in total. The Bertz CT molecular complexity index is 1270. The van der Waals surface area contributed by atoms with Crippen molar-refractivity contribution in [2.75, 3.05) is 26.3 Å². The summed E-state index contributed by atoms with van der Waals surface area (Å²) >= 11 is 0. The van der Waals surface area contributed by atoms with E-state index in [1.807, 2.05) is 69.3 Å². The normalized spacial score (nSPS) is 32.1. The van der Waals surface area contributed by atoms with E-state index in [0.717, 1.165) is 5.56 Å². The standard InChI is InChI=1S/C33H43N3O7/c1-32(2,3)36-19-11-5-9-15-25(38)42-21-23(22-13-7-4-8-14-22)34-29(39)26-24-16-17-33(43-24)27(26)30(40)35(28(33)31(36)41)18-10-6-12-20-37/h4-5,7-8,11,13-14,16-17,23-24,26-28,37H,6,9-10,12,15,18-21H2,1-3H3,(H,34,39)/b11-5-/t23-,24-,26+,27+,28-,33+/m0/s1. The number of ether oxygens (including phenoxy) is 2. The number of allylic oxidation sites excluding steroid dienone is 1. The third-order valence-electron chi connectivity index (χ3n) is 8.94. The monoisotopic (exact) mass is 593 g/mol. The minimum absolute atomic E-state index is 0.0496. The van der Waals surface area contributed by atoms with Crippen LogP contribution in [0.3, 0.4) is 0 Å². The molecule has 0 saturated carbocycles. The number of unbranched alkanes of at least 4 members (excludes halogenated alkanes) is 2. The zero-order chi connectivity index (χ0) is 30.8. The molecule has 4 aliphatic rings. The Morgan fingerprint density at radius 3 is 2.51 bits per heavy atom. The predicted molar refractivity (Wildman–Crippen MR) is 158 cm³/mol. The molecule has 5 bridgehead atoms. The molecule has 1 spiro atoms. The van der Waals surface area contributed by atoms with Crippen LogP contribution in [0.4, 0.5) is 0 Å². The van der Waals surface area contributed by atoms with Crippen LogP contribution in [0.1, 0.15) is 64.5 Å². The van der Waals surface area contributed by atoms with Crippen LogP contribution < -0.4 is 5.32 Å². The molecule has 2 fully saturated rings. The number of fused-ring (bicyclic) bond motifs is 2. The summed E-state index contributed by atoms with van der Waals surface area (Å²) in [4.78, 5) is 58.8. The highest BCUT2D eigenvalue weighted by Crippen LogP contribution is 2.55. The van der Waals surface area contributed by atoms with E-state index in [4.69, 9.17) is 9.47 Å².